The molecule has 0 aliphatic carbocycles. The third kappa shape index (κ3) is 7.22. The minimum absolute atomic E-state index is 0.0226. The van der Waals surface area contributed by atoms with Gasteiger partial charge in [0.15, 0.2) is 6.61 Å². The van der Waals surface area contributed by atoms with Gasteiger partial charge >= 0.3 is 5.97 Å². The standard InChI is InChI=1S/C16H21N3O5S/c1-3-10-25(22,23)18-14-7-4-6-13(11-14)16(21)24-12-15(20)19(2)9-5-8-17/h4,6-7,11,18H,3,5,9-10,12H2,1-2H3. The summed E-state index contributed by atoms with van der Waals surface area (Å²) in [6, 6.07) is 7.76. The molecule has 0 fully saturated rings. The number of hydrogen-bond donors (Lipinski definition) is 1. The first-order chi connectivity index (χ1) is 11.8. The van der Waals surface area contributed by atoms with Crippen molar-refractivity contribution in [3.8, 4) is 6.07 Å². The van der Waals surface area contributed by atoms with Crippen molar-refractivity contribution >= 4 is 27.6 Å². The Morgan fingerprint density at radius 1 is 1.36 bits per heavy atom. The van der Waals surface area contributed by atoms with E-state index in [1.807, 2.05) is 6.07 Å². The zero-order valence-electron chi connectivity index (χ0n) is 14.2. The minimum atomic E-state index is -3.46. The molecule has 0 aliphatic rings. The van der Waals surface area contributed by atoms with Crippen LogP contribution in [-0.2, 0) is 19.6 Å². The highest BCUT2D eigenvalue weighted by molar-refractivity contribution is 7.92. The average molecular weight is 367 g/mol. The van der Waals surface area contributed by atoms with Crippen molar-refractivity contribution in [3.63, 3.8) is 0 Å². The van der Waals surface area contributed by atoms with Gasteiger partial charge in [0.2, 0.25) is 10.0 Å². The number of sulfonamides is 1. The molecule has 25 heavy (non-hydrogen) atoms. The number of amides is 1. The fraction of sp³-hybridized carbons (Fsp3) is 0.438. The van der Waals surface area contributed by atoms with Crippen molar-refractivity contribution in [1.82, 2.24) is 4.90 Å². The number of carbonyl (C=O) groups is 2. The molecule has 0 bridgehead atoms. The van der Waals surface area contributed by atoms with E-state index in [1.165, 1.54) is 36.2 Å². The van der Waals surface area contributed by atoms with Crippen LogP contribution in [0.5, 0.6) is 0 Å². The molecule has 1 aromatic rings. The molecule has 136 valence electrons. The van der Waals surface area contributed by atoms with Gasteiger partial charge < -0.3 is 9.64 Å². The number of nitrogens with zero attached hydrogens (tertiary/aromatic N) is 2. The summed E-state index contributed by atoms with van der Waals surface area (Å²) in [7, 11) is -1.95. The van der Waals surface area contributed by atoms with E-state index >= 15 is 0 Å². The van der Waals surface area contributed by atoms with Gasteiger partial charge in [0, 0.05) is 19.3 Å². The summed E-state index contributed by atoms with van der Waals surface area (Å²) in [6.45, 7) is 1.55. The van der Waals surface area contributed by atoms with Gasteiger partial charge in [-0.3, -0.25) is 9.52 Å². The molecule has 1 amide bonds. The lowest BCUT2D eigenvalue weighted by Crippen LogP contribution is -2.31. The number of anilines is 1. The van der Waals surface area contributed by atoms with E-state index in [4.69, 9.17) is 10.00 Å². The largest absolute Gasteiger partial charge is 0.452 e. The molecule has 0 unspecified atom stereocenters. The van der Waals surface area contributed by atoms with Crippen LogP contribution in [0.1, 0.15) is 30.1 Å². The molecular weight excluding hydrogens is 346 g/mol. The van der Waals surface area contributed by atoms with Gasteiger partial charge in [-0.2, -0.15) is 5.26 Å². The van der Waals surface area contributed by atoms with Crippen molar-refractivity contribution in [3.05, 3.63) is 29.8 Å². The highest BCUT2D eigenvalue weighted by Gasteiger charge is 2.15. The Morgan fingerprint density at radius 3 is 2.72 bits per heavy atom. The Morgan fingerprint density at radius 2 is 2.08 bits per heavy atom. The first-order valence-electron chi connectivity index (χ1n) is 7.67. The number of hydrogen-bond acceptors (Lipinski definition) is 6. The van der Waals surface area contributed by atoms with Crippen molar-refractivity contribution in [1.29, 1.82) is 5.26 Å². The van der Waals surface area contributed by atoms with Crippen LogP contribution in [0, 0.1) is 11.3 Å². The fourth-order valence-electron chi connectivity index (χ4n) is 1.87. The summed E-state index contributed by atoms with van der Waals surface area (Å²) in [5.74, 6) is -1.19. The number of rotatable bonds is 9. The Labute approximate surface area is 147 Å². The highest BCUT2D eigenvalue weighted by Crippen LogP contribution is 2.14. The zero-order valence-corrected chi connectivity index (χ0v) is 15.0. The minimum Gasteiger partial charge on any atom is -0.452 e. The topological polar surface area (TPSA) is 117 Å². The lowest BCUT2D eigenvalue weighted by atomic mass is 10.2. The van der Waals surface area contributed by atoms with E-state index in [9.17, 15) is 18.0 Å². The summed E-state index contributed by atoms with van der Waals surface area (Å²) < 4.78 is 30.8. The van der Waals surface area contributed by atoms with Gasteiger partial charge in [-0.05, 0) is 24.6 Å². The highest BCUT2D eigenvalue weighted by atomic mass is 32.2. The third-order valence-electron chi connectivity index (χ3n) is 3.16. The Bertz CT molecular complexity index is 755. The molecule has 0 saturated carbocycles. The summed E-state index contributed by atoms with van der Waals surface area (Å²) in [5.41, 5.74) is 0.379. The van der Waals surface area contributed by atoms with Crippen LogP contribution in [0.25, 0.3) is 0 Å². The number of benzene rings is 1. The van der Waals surface area contributed by atoms with Crippen molar-refractivity contribution in [2.45, 2.75) is 19.8 Å². The monoisotopic (exact) mass is 367 g/mol. The molecule has 0 radical (unpaired) electrons. The Balaban J connectivity index is 2.66. The fourth-order valence-corrected chi connectivity index (χ4v) is 3.00. The number of carbonyl (C=O) groups excluding carboxylic acids is 2. The predicted octanol–water partition coefficient (Wildman–Crippen LogP) is 1.37. The number of nitrogens with one attached hydrogen (secondary N) is 1. The third-order valence-corrected chi connectivity index (χ3v) is 4.65. The van der Waals surface area contributed by atoms with Gasteiger partial charge in [0.05, 0.1) is 23.8 Å². The molecule has 0 aromatic heterocycles. The second kappa shape index (κ2) is 9.64. The van der Waals surface area contributed by atoms with Gasteiger partial charge in [-0.1, -0.05) is 13.0 Å². The van der Waals surface area contributed by atoms with E-state index in [1.54, 1.807) is 6.92 Å². The quantitative estimate of drug-likeness (QED) is 0.659. The molecule has 0 aliphatic heterocycles. The van der Waals surface area contributed by atoms with Gasteiger partial charge in [0.25, 0.3) is 5.91 Å². The summed E-state index contributed by atoms with van der Waals surface area (Å²) in [6.07, 6.45) is 0.661. The molecule has 0 saturated heterocycles. The van der Waals surface area contributed by atoms with Gasteiger partial charge in [-0.15, -0.1) is 0 Å². The second-order valence-electron chi connectivity index (χ2n) is 5.30. The van der Waals surface area contributed by atoms with E-state index in [-0.39, 0.29) is 30.0 Å². The molecule has 0 atom stereocenters. The van der Waals surface area contributed by atoms with Gasteiger partial charge in [-0.25, -0.2) is 13.2 Å². The van der Waals surface area contributed by atoms with Crippen LogP contribution < -0.4 is 4.72 Å². The SMILES string of the molecule is CCCS(=O)(=O)Nc1cccc(C(=O)OCC(=O)N(C)CCC#N)c1. The van der Waals surface area contributed by atoms with Crippen molar-refractivity contribution in [2.75, 3.05) is 30.7 Å². The van der Waals surface area contributed by atoms with E-state index in [0.717, 1.165) is 0 Å². The molecule has 1 aromatic carbocycles. The molecular formula is C16H21N3O5S. The Kier molecular flexibility index (Phi) is 7.88. The normalized spacial score (nSPS) is 10.6. The predicted molar refractivity (Wildman–Crippen MR) is 92.3 cm³/mol. The van der Waals surface area contributed by atoms with Crippen molar-refractivity contribution < 1.29 is 22.7 Å². The van der Waals surface area contributed by atoms with Crippen LogP contribution in [0.3, 0.4) is 0 Å². The first-order valence-corrected chi connectivity index (χ1v) is 9.33. The van der Waals surface area contributed by atoms with Crippen molar-refractivity contribution in [2.24, 2.45) is 0 Å². The zero-order chi connectivity index (χ0) is 18.9. The molecule has 1 rings (SSSR count). The van der Waals surface area contributed by atoms with Crippen LogP contribution in [0.4, 0.5) is 5.69 Å². The Hall–Kier alpha value is -2.60. The maximum atomic E-state index is 12.0. The molecule has 9 heteroatoms. The van der Waals surface area contributed by atoms with E-state index < -0.39 is 28.5 Å². The maximum absolute atomic E-state index is 12.0. The molecule has 0 spiro atoms. The number of likely N-dealkylation sites (N-methyl/N-ethyl adjacent to an activating group) is 1. The lowest BCUT2D eigenvalue weighted by Gasteiger charge is -2.15. The lowest BCUT2D eigenvalue weighted by molar-refractivity contribution is -0.133. The maximum Gasteiger partial charge on any atom is 0.338 e. The number of nitriles is 1. The summed E-state index contributed by atoms with van der Waals surface area (Å²) >= 11 is 0. The summed E-state index contributed by atoms with van der Waals surface area (Å²) in [4.78, 5) is 25.1. The molecule has 8 nitrogen and oxygen atoms in total. The van der Waals surface area contributed by atoms with E-state index in [2.05, 4.69) is 4.72 Å². The first kappa shape index (κ1) is 20.4. The van der Waals surface area contributed by atoms with Crippen LogP contribution in [0.2, 0.25) is 0 Å². The number of esters is 1. The van der Waals surface area contributed by atoms with Crippen LogP contribution in [-0.4, -0.2) is 51.1 Å². The van der Waals surface area contributed by atoms with Crippen LogP contribution in [0.15, 0.2) is 24.3 Å². The van der Waals surface area contributed by atoms with Gasteiger partial charge in [0.1, 0.15) is 0 Å². The average Bonchev–Trinajstić information content (AvgIpc) is 2.56. The smallest absolute Gasteiger partial charge is 0.338 e. The van der Waals surface area contributed by atoms with Crippen LogP contribution >= 0.6 is 0 Å². The molecule has 1 N–H and O–H groups in total. The molecule has 0 heterocycles. The number of ether oxygens (including phenoxy) is 1. The summed E-state index contributed by atoms with van der Waals surface area (Å²) in [5, 5.41) is 8.48. The van der Waals surface area contributed by atoms with E-state index in [0.29, 0.717) is 6.42 Å². The second-order valence-corrected chi connectivity index (χ2v) is 7.14.